The first-order chi connectivity index (χ1) is 8.10. The number of aliphatic carboxylic acids is 1. The molecule has 0 aliphatic heterocycles. The fraction of sp³-hybridized carbons (Fsp3) is 0.333. The molecule has 0 radical (unpaired) electrons. The number of thiazole rings is 1. The van der Waals surface area contributed by atoms with Crippen LogP contribution in [-0.4, -0.2) is 31.3 Å². The third-order valence-electron chi connectivity index (χ3n) is 1.96. The topological polar surface area (TPSA) is 76.0 Å². The predicted molar refractivity (Wildman–Crippen MR) is 70.5 cm³/mol. The molecule has 0 aliphatic carbocycles. The van der Waals surface area contributed by atoms with Gasteiger partial charge < -0.3 is 5.11 Å². The predicted octanol–water partition coefficient (Wildman–Crippen LogP) is 2.80. The van der Waals surface area contributed by atoms with Gasteiger partial charge in [-0.05, 0) is 22.4 Å². The van der Waals surface area contributed by atoms with Crippen LogP contribution >= 0.6 is 39.0 Å². The van der Waals surface area contributed by atoms with E-state index < -0.39 is 11.2 Å². The van der Waals surface area contributed by atoms with Crippen molar-refractivity contribution >= 4 is 55.5 Å². The van der Waals surface area contributed by atoms with Gasteiger partial charge in [0, 0.05) is 0 Å². The van der Waals surface area contributed by atoms with E-state index in [1.54, 1.807) is 6.20 Å². The molecule has 0 bridgehead atoms. The number of thioether (sulfide) groups is 1. The summed E-state index contributed by atoms with van der Waals surface area (Å²) in [4.78, 5) is 24.2. The molecule has 0 spiro atoms. The molecular weight excluding hydrogens is 326 g/mol. The van der Waals surface area contributed by atoms with E-state index in [1.165, 1.54) is 23.1 Å². The Balaban J connectivity index is 2.27. The number of carboxylic acid groups (broad SMARTS) is 1. The molecule has 2 heterocycles. The normalized spacial score (nSPS) is 12.8. The van der Waals surface area contributed by atoms with Crippen molar-refractivity contribution in [3.8, 4) is 0 Å². The molecular formula is C9H8BrN3O2S2. The minimum Gasteiger partial charge on any atom is -0.480 e. The lowest BCUT2D eigenvalue weighted by Gasteiger charge is -2.05. The number of fused-ring (bicyclic) bond motifs is 1. The Bertz CT molecular complexity index is 560. The van der Waals surface area contributed by atoms with Gasteiger partial charge in [0.1, 0.15) is 9.85 Å². The summed E-state index contributed by atoms with van der Waals surface area (Å²) in [6.45, 7) is 1.84. The van der Waals surface area contributed by atoms with Gasteiger partial charge in [-0.25, -0.2) is 15.0 Å². The maximum absolute atomic E-state index is 10.9. The summed E-state index contributed by atoms with van der Waals surface area (Å²) in [7, 11) is 0. The number of hydrogen-bond acceptors (Lipinski definition) is 6. The van der Waals surface area contributed by atoms with Crippen LogP contribution < -0.4 is 0 Å². The summed E-state index contributed by atoms with van der Waals surface area (Å²) in [6.07, 6.45) is 2.13. The van der Waals surface area contributed by atoms with Gasteiger partial charge in [-0.3, -0.25) is 4.79 Å². The second-order valence-corrected chi connectivity index (χ2v) is 6.39. The fourth-order valence-electron chi connectivity index (χ4n) is 1.16. The molecule has 1 unspecified atom stereocenters. The summed E-state index contributed by atoms with van der Waals surface area (Å²) in [6, 6.07) is 0. The molecule has 0 amide bonds. The highest BCUT2D eigenvalue weighted by molar-refractivity contribution is 9.10. The van der Waals surface area contributed by atoms with Gasteiger partial charge in [-0.2, -0.15) is 0 Å². The Morgan fingerprint density at radius 3 is 3.06 bits per heavy atom. The first kappa shape index (κ1) is 12.7. The zero-order valence-electron chi connectivity index (χ0n) is 8.75. The molecule has 2 aromatic heterocycles. The molecule has 5 nitrogen and oxygen atoms in total. The molecule has 17 heavy (non-hydrogen) atoms. The van der Waals surface area contributed by atoms with Gasteiger partial charge >= 0.3 is 5.97 Å². The van der Waals surface area contributed by atoms with Crippen molar-refractivity contribution in [2.24, 2.45) is 0 Å². The van der Waals surface area contributed by atoms with Crippen LogP contribution in [0.5, 0.6) is 0 Å². The largest absolute Gasteiger partial charge is 0.480 e. The summed E-state index contributed by atoms with van der Waals surface area (Å²) >= 11 is 5.83. The monoisotopic (exact) mass is 333 g/mol. The zero-order chi connectivity index (χ0) is 12.4. The maximum Gasteiger partial charge on any atom is 0.317 e. The SMILES string of the molecule is CCC(Sc1nc2ncc(Br)nc2s1)C(=O)O. The Morgan fingerprint density at radius 2 is 2.41 bits per heavy atom. The van der Waals surface area contributed by atoms with Crippen molar-refractivity contribution < 1.29 is 9.90 Å². The molecule has 90 valence electrons. The van der Waals surface area contributed by atoms with Crippen LogP contribution in [0, 0.1) is 0 Å². The first-order valence-corrected chi connectivity index (χ1v) is 7.27. The Hall–Kier alpha value is -0.730. The highest BCUT2D eigenvalue weighted by atomic mass is 79.9. The Labute approximate surface area is 114 Å². The van der Waals surface area contributed by atoms with Gasteiger partial charge in [0.15, 0.2) is 14.8 Å². The third-order valence-corrected chi connectivity index (χ3v) is 4.73. The Kier molecular flexibility index (Phi) is 3.95. The van der Waals surface area contributed by atoms with E-state index in [2.05, 4.69) is 30.9 Å². The first-order valence-electron chi connectivity index (χ1n) is 4.78. The van der Waals surface area contributed by atoms with Crippen molar-refractivity contribution in [1.82, 2.24) is 15.0 Å². The van der Waals surface area contributed by atoms with Crippen molar-refractivity contribution in [3.05, 3.63) is 10.8 Å². The molecule has 1 N–H and O–H groups in total. The summed E-state index contributed by atoms with van der Waals surface area (Å²) in [5.74, 6) is -0.821. The molecule has 0 saturated heterocycles. The maximum atomic E-state index is 10.9. The van der Waals surface area contributed by atoms with E-state index in [-0.39, 0.29) is 0 Å². The highest BCUT2D eigenvalue weighted by Gasteiger charge is 2.19. The molecule has 1 atom stereocenters. The van der Waals surface area contributed by atoms with Crippen LogP contribution in [0.1, 0.15) is 13.3 Å². The van der Waals surface area contributed by atoms with E-state index in [0.717, 1.165) is 0 Å². The average molecular weight is 334 g/mol. The van der Waals surface area contributed by atoms with Crippen molar-refractivity contribution in [2.45, 2.75) is 22.9 Å². The van der Waals surface area contributed by atoms with Gasteiger partial charge in [-0.1, -0.05) is 30.0 Å². The van der Waals surface area contributed by atoms with Crippen LogP contribution in [-0.2, 0) is 4.79 Å². The number of carboxylic acids is 1. The molecule has 0 fully saturated rings. The minimum atomic E-state index is -0.821. The lowest BCUT2D eigenvalue weighted by atomic mass is 10.3. The number of rotatable bonds is 4. The van der Waals surface area contributed by atoms with E-state index >= 15 is 0 Å². The lowest BCUT2D eigenvalue weighted by molar-refractivity contribution is -0.136. The van der Waals surface area contributed by atoms with Gasteiger partial charge in [0.25, 0.3) is 0 Å². The summed E-state index contributed by atoms with van der Waals surface area (Å²) in [5, 5.41) is 8.50. The molecule has 8 heteroatoms. The van der Waals surface area contributed by atoms with E-state index in [4.69, 9.17) is 5.11 Å². The second kappa shape index (κ2) is 5.28. The zero-order valence-corrected chi connectivity index (χ0v) is 12.0. The van der Waals surface area contributed by atoms with Crippen LogP contribution in [0.4, 0.5) is 0 Å². The molecule has 2 aromatic rings. The van der Waals surface area contributed by atoms with Gasteiger partial charge in [0.2, 0.25) is 0 Å². The number of hydrogen-bond donors (Lipinski definition) is 1. The van der Waals surface area contributed by atoms with Crippen molar-refractivity contribution in [1.29, 1.82) is 0 Å². The van der Waals surface area contributed by atoms with Crippen LogP contribution in [0.25, 0.3) is 10.5 Å². The van der Waals surface area contributed by atoms with Gasteiger partial charge in [-0.15, -0.1) is 0 Å². The van der Waals surface area contributed by atoms with Crippen molar-refractivity contribution in [2.75, 3.05) is 0 Å². The molecule has 2 rings (SSSR count). The van der Waals surface area contributed by atoms with E-state index in [1.807, 2.05) is 6.92 Å². The van der Waals surface area contributed by atoms with Crippen LogP contribution in [0.3, 0.4) is 0 Å². The number of carbonyl (C=O) groups is 1. The number of aromatic nitrogens is 3. The molecule has 0 saturated carbocycles. The lowest BCUT2D eigenvalue weighted by Crippen LogP contribution is -2.14. The standard InChI is InChI=1S/C9H8BrN3O2S2/c1-2-4(8(14)15)16-9-13-6-7(17-9)12-5(10)3-11-6/h3-4H,2H2,1H3,(H,14,15). The second-order valence-electron chi connectivity index (χ2n) is 3.15. The smallest absolute Gasteiger partial charge is 0.317 e. The quantitative estimate of drug-likeness (QED) is 0.867. The number of nitrogens with zero attached hydrogens (tertiary/aromatic N) is 3. The fourth-order valence-corrected chi connectivity index (χ4v) is 3.62. The average Bonchev–Trinajstić information content (AvgIpc) is 2.66. The molecule has 0 aliphatic rings. The van der Waals surface area contributed by atoms with Gasteiger partial charge in [0.05, 0.1) is 6.20 Å². The highest BCUT2D eigenvalue weighted by Crippen LogP contribution is 2.32. The Morgan fingerprint density at radius 1 is 1.65 bits per heavy atom. The third kappa shape index (κ3) is 2.93. The van der Waals surface area contributed by atoms with E-state index in [9.17, 15) is 4.79 Å². The summed E-state index contributed by atoms with van der Waals surface area (Å²) < 4.78 is 1.34. The van der Waals surface area contributed by atoms with Crippen LogP contribution in [0.2, 0.25) is 0 Å². The van der Waals surface area contributed by atoms with E-state index in [0.29, 0.717) is 25.8 Å². The minimum absolute atomic E-state index is 0.473. The molecule has 0 aromatic carbocycles. The summed E-state index contributed by atoms with van der Waals surface area (Å²) in [5.41, 5.74) is 0.556. The van der Waals surface area contributed by atoms with Crippen molar-refractivity contribution in [3.63, 3.8) is 0 Å². The number of halogens is 1. The van der Waals surface area contributed by atoms with Crippen LogP contribution in [0.15, 0.2) is 15.1 Å².